The van der Waals surface area contributed by atoms with E-state index in [2.05, 4.69) is 42.7 Å². The standard InChI is InChI=1S/C16H26N2/c1-3-14-8-5-9-15(4-2)16(14)18-12-13-7-6-10-17-11-13/h5,8-9,13,17-18H,3-4,6-7,10-12H2,1-2H3. The van der Waals surface area contributed by atoms with Gasteiger partial charge in [0.25, 0.3) is 0 Å². The number of anilines is 1. The normalized spacial score (nSPS) is 19.8. The van der Waals surface area contributed by atoms with Crippen LogP contribution in [0, 0.1) is 5.92 Å². The smallest absolute Gasteiger partial charge is 0.0405 e. The molecule has 18 heavy (non-hydrogen) atoms. The fourth-order valence-electron chi connectivity index (χ4n) is 2.81. The second kappa shape index (κ2) is 6.79. The Hall–Kier alpha value is -1.02. The second-order valence-corrected chi connectivity index (χ2v) is 5.25. The minimum Gasteiger partial charge on any atom is -0.384 e. The van der Waals surface area contributed by atoms with Gasteiger partial charge in [0.05, 0.1) is 0 Å². The zero-order valence-electron chi connectivity index (χ0n) is 11.8. The average molecular weight is 246 g/mol. The summed E-state index contributed by atoms with van der Waals surface area (Å²) in [5, 5.41) is 7.20. The first-order valence-corrected chi connectivity index (χ1v) is 7.40. The zero-order valence-corrected chi connectivity index (χ0v) is 11.8. The fourth-order valence-corrected chi connectivity index (χ4v) is 2.81. The Labute approximate surface area is 111 Å². The first-order chi connectivity index (χ1) is 8.85. The van der Waals surface area contributed by atoms with Crippen LogP contribution in [0.2, 0.25) is 0 Å². The maximum atomic E-state index is 3.71. The number of rotatable bonds is 5. The lowest BCUT2D eigenvalue weighted by molar-refractivity contribution is 0.393. The van der Waals surface area contributed by atoms with Crippen LogP contribution in [0.15, 0.2) is 18.2 Å². The van der Waals surface area contributed by atoms with E-state index in [1.165, 1.54) is 42.7 Å². The first kappa shape index (κ1) is 13.4. The van der Waals surface area contributed by atoms with Gasteiger partial charge in [0.2, 0.25) is 0 Å². The van der Waals surface area contributed by atoms with Gasteiger partial charge in [-0.05, 0) is 55.8 Å². The third kappa shape index (κ3) is 3.26. The summed E-state index contributed by atoms with van der Waals surface area (Å²) >= 11 is 0. The molecule has 0 bridgehead atoms. The molecular weight excluding hydrogens is 220 g/mol. The molecule has 1 fully saturated rings. The maximum Gasteiger partial charge on any atom is 0.0405 e. The summed E-state index contributed by atoms with van der Waals surface area (Å²) in [7, 11) is 0. The molecular formula is C16H26N2. The van der Waals surface area contributed by atoms with E-state index in [1.54, 1.807) is 0 Å². The summed E-state index contributed by atoms with van der Waals surface area (Å²) in [5.41, 5.74) is 4.31. The summed E-state index contributed by atoms with van der Waals surface area (Å²) in [6, 6.07) is 6.69. The van der Waals surface area contributed by atoms with Crippen molar-refractivity contribution in [3.8, 4) is 0 Å². The van der Waals surface area contributed by atoms with Crippen LogP contribution in [0.5, 0.6) is 0 Å². The van der Waals surface area contributed by atoms with Crippen molar-refractivity contribution in [3.05, 3.63) is 29.3 Å². The van der Waals surface area contributed by atoms with Crippen LogP contribution in [0.25, 0.3) is 0 Å². The Morgan fingerprint density at radius 2 is 1.94 bits per heavy atom. The minimum absolute atomic E-state index is 0.786. The van der Waals surface area contributed by atoms with Crippen LogP contribution in [0.1, 0.15) is 37.8 Å². The number of nitrogens with one attached hydrogen (secondary N) is 2. The third-order valence-electron chi connectivity index (χ3n) is 3.97. The highest BCUT2D eigenvalue weighted by Gasteiger charge is 2.13. The topological polar surface area (TPSA) is 24.1 Å². The third-order valence-corrected chi connectivity index (χ3v) is 3.97. The molecule has 2 nitrogen and oxygen atoms in total. The van der Waals surface area contributed by atoms with Crippen molar-refractivity contribution in [1.82, 2.24) is 5.32 Å². The number of piperidine rings is 1. The van der Waals surface area contributed by atoms with Crippen molar-refractivity contribution in [2.24, 2.45) is 5.92 Å². The van der Waals surface area contributed by atoms with Crippen molar-refractivity contribution >= 4 is 5.69 Å². The number of hydrogen-bond donors (Lipinski definition) is 2. The molecule has 1 aromatic rings. The Morgan fingerprint density at radius 3 is 2.50 bits per heavy atom. The average Bonchev–Trinajstić information content (AvgIpc) is 2.45. The van der Waals surface area contributed by atoms with E-state index in [4.69, 9.17) is 0 Å². The molecule has 0 amide bonds. The Balaban J connectivity index is 2.02. The highest BCUT2D eigenvalue weighted by atomic mass is 14.9. The summed E-state index contributed by atoms with van der Waals surface area (Å²) in [5.74, 6) is 0.786. The number of benzene rings is 1. The summed E-state index contributed by atoms with van der Waals surface area (Å²) in [6.07, 6.45) is 4.90. The van der Waals surface area contributed by atoms with Crippen molar-refractivity contribution in [3.63, 3.8) is 0 Å². The lowest BCUT2D eigenvalue weighted by atomic mass is 9.98. The summed E-state index contributed by atoms with van der Waals surface area (Å²) in [4.78, 5) is 0. The molecule has 1 saturated heterocycles. The molecule has 2 heteroatoms. The molecule has 0 aromatic heterocycles. The lowest BCUT2D eigenvalue weighted by Crippen LogP contribution is -2.33. The quantitative estimate of drug-likeness (QED) is 0.833. The van der Waals surface area contributed by atoms with Crippen LogP contribution in [0.4, 0.5) is 5.69 Å². The molecule has 1 unspecified atom stereocenters. The fraction of sp³-hybridized carbons (Fsp3) is 0.625. The summed E-state index contributed by atoms with van der Waals surface area (Å²) in [6.45, 7) is 7.95. The molecule has 1 aromatic carbocycles. The van der Waals surface area contributed by atoms with E-state index in [-0.39, 0.29) is 0 Å². The molecule has 100 valence electrons. The second-order valence-electron chi connectivity index (χ2n) is 5.25. The highest BCUT2D eigenvalue weighted by Crippen LogP contribution is 2.23. The van der Waals surface area contributed by atoms with E-state index >= 15 is 0 Å². The van der Waals surface area contributed by atoms with Gasteiger partial charge in [0.15, 0.2) is 0 Å². The van der Waals surface area contributed by atoms with Crippen molar-refractivity contribution in [2.75, 3.05) is 25.0 Å². The van der Waals surface area contributed by atoms with Crippen LogP contribution in [0.3, 0.4) is 0 Å². The Morgan fingerprint density at radius 1 is 1.22 bits per heavy atom. The van der Waals surface area contributed by atoms with Crippen LogP contribution < -0.4 is 10.6 Å². The largest absolute Gasteiger partial charge is 0.384 e. The number of aryl methyl sites for hydroxylation is 2. The number of hydrogen-bond acceptors (Lipinski definition) is 2. The Bertz CT molecular complexity index is 345. The monoisotopic (exact) mass is 246 g/mol. The van der Waals surface area contributed by atoms with Gasteiger partial charge in [0.1, 0.15) is 0 Å². The van der Waals surface area contributed by atoms with Crippen LogP contribution in [-0.2, 0) is 12.8 Å². The van der Waals surface area contributed by atoms with Gasteiger partial charge in [-0.15, -0.1) is 0 Å². The highest BCUT2D eigenvalue weighted by molar-refractivity contribution is 5.57. The molecule has 1 heterocycles. The van der Waals surface area contributed by atoms with Gasteiger partial charge < -0.3 is 10.6 Å². The molecule has 1 atom stereocenters. The van der Waals surface area contributed by atoms with Crippen LogP contribution >= 0.6 is 0 Å². The minimum atomic E-state index is 0.786. The van der Waals surface area contributed by atoms with Gasteiger partial charge in [-0.2, -0.15) is 0 Å². The van der Waals surface area contributed by atoms with Crippen molar-refractivity contribution < 1.29 is 0 Å². The van der Waals surface area contributed by atoms with Gasteiger partial charge in [-0.3, -0.25) is 0 Å². The molecule has 0 radical (unpaired) electrons. The van der Waals surface area contributed by atoms with Gasteiger partial charge in [-0.25, -0.2) is 0 Å². The van der Waals surface area contributed by atoms with E-state index in [0.717, 1.165) is 25.3 Å². The van der Waals surface area contributed by atoms with E-state index in [9.17, 15) is 0 Å². The predicted molar refractivity (Wildman–Crippen MR) is 79.3 cm³/mol. The summed E-state index contributed by atoms with van der Waals surface area (Å²) < 4.78 is 0. The molecule has 0 spiro atoms. The van der Waals surface area contributed by atoms with Gasteiger partial charge in [-0.1, -0.05) is 32.0 Å². The van der Waals surface area contributed by atoms with Gasteiger partial charge >= 0.3 is 0 Å². The van der Waals surface area contributed by atoms with Crippen molar-refractivity contribution in [1.29, 1.82) is 0 Å². The van der Waals surface area contributed by atoms with E-state index < -0.39 is 0 Å². The predicted octanol–water partition coefficient (Wildman–Crippen LogP) is 3.22. The zero-order chi connectivity index (χ0) is 12.8. The Kier molecular flexibility index (Phi) is 5.06. The molecule has 0 aliphatic carbocycles. The number of para-hydroxylation sites is 1. The van der Waals surface area contributed by atoms with Crippen LogP contribution in [-0.4, -0.2) is 19.6 Å². The SMILES string of the molecule is CCc1cccc(CC)c1NCC1CCCNC1. The molecule has 1 aliphatic rings. The van der Waals surface area contributed by atoms with E-state index in [1.807, 2.05) is 0 Å². The van der Waals surface area contributed by atoms with Gasteiger partial charge in [0, 0.05) is 12.2 Å². The molecule has 1 aliphatic heterocycles. The molecule has 2 rings (SSSR count). The van der Waals surface area contributed by atoms with E-state index in [0.29, 0.717) is 0 Å². The molecule has 0 saturated carbocycles. The molecule has 2 N–H and O–H groups in total. The maximum absolute atomic E-state index is 3.71. The first-order valence-electron chi connectivity index (χ1n) is 7.40. The lowest BCUT2D eigenvalue weighted by Gasteiger charge is -2.25. The van der Waals surface area contributed by atoms with Crippen molar-refractivity contribution in [2.45, 2.75) is 39.5 Å².